The Bertz CT molecular complexity index is 486. The molecule has 0 aliphatic carbocycles. The number of hydrogen-bond donors (Lipinski definition) is 2. The summed E-state index contributed by atoms with van der Waals surface area (Å²) in [6.45, 7) is 6.02. The Labute approximate surface area is 112 Å². The molecule has 1 rings (SSSR count). The molecule has 104 valence electrons. The molecule has 6 heteroatoms. The van der Waals surface area contributed by atoms with E-state index >= 15 is 0 Å². The third kappa shape index (κ3) is 4.03. The predicted molar refractivity (Wildman–Crippen MR) is 73.0 cm³/mol. The lowest BCUT2D eigenvalue weighted by Gasteiger charge is -2.16. The fraction of sp³-hybridized carbons (Fsp3) is 0.462. The Morgan fingerprint density at radius 3 is 2.63 bits per heavy atom. The number of carbonyl (C=O) groups is 1. The zero-order valence-electron chi connectivity index (χ0n) is 11.3. The number of rotatable bonds is 5. The van der Waals surface area contributed by atoms with Gasteiger partial charge in [-0.2, -0.15) is 0 Å². The number of nitro groups is 1. The van der Waals surface area contributed by atoms with E-state index in [0.29, 0.717) is 17.7 Å². The smallest absolute Gasteiger partial charge is 0.270 e. The normalized spacial score (nSPS) is 12.3. The summed E-state index contributed by atoms with van der Waals surface area (Å²) in [4.78, 5) is 22.2. The van der Waals surface area contributed by atoms with Crippen LogP contribution in [0.5, 0.6) is 0 Å². The van der Waals surface area contributed by atoms with Crippen molar-refractivity contribution in [2.75, 3.05) is 6.54 Å². The van der Waals surface area contributed by atoms with E-state index in [-0.39, 0.29) is 23.6 Å². The first-order valence-electron chi connectivity index (χ1n) is 6.11. The number of nitro benzene ring substituents is 1. The van der Waals surface area contributed by atoms with Crippen LogP contribution in [-0.4, -0.2) is 23.4 Å². The van der Waals surface area contributed by atoms with E-state index in [4.69, 9.17) is 5.73 Å². The van der Waals surface area contributed by atoms with Gasteiger partial charge in [-0.1, -0.05) is 19.9 Å². The molecule has 1 aromatic rings. The van der Waals surface area contributed by atoms with Crippen LogP contribution in [-0.2, 0) is 0 Å². The van der Waals surface area contributed by atoms with Gasteiger partial charge in [0.2, 0.25) is 0 Å². The van der Waals surface area contributed by atoms with Crippen molar-refractivity contribution in [2.45, 2.75) is 26.8 Å². The number of benzene rings is 1. The Kier molecular flexibility index (Phi) is 5.00. The number of amides is 1. The molecule has 1 atom stereocenters. The molecule has 0 aromatic heterocycles. The van der Waals surface area contributed by atoms with Gasteiger partial charge in [-0.25, -0.2) is 0 Å². The molecule has 1 unspecified atom stereocenters. The van der Waals surface area contributed by atoms with Crippen LogP contribution in [0, 0.1) is 23.0 Å². The topological polar surface area (TPSA) is 98.3 Å². The minimum atomic E-state index is -0.518. The fourth-order valence-corrected chi connectivity index (χ4v) is 1.51. The molecule has 3 N–H and O–H groups in total. The monoisotopic (exact) mass is 265 g/mol. The number of aryl methyl sites for hydroxylation is 1. The minimum Gasteiger partial charge on any atom is -0.350 e. The lowest BCUT2D eigenvalue weighted by atomic mass is 10.0. The zero-order valence-corrected chi connectivity index (χ0v) is 11.3. The number of hydrogen-bond acceptors (Lipinski definition) is 4. The van der Waals surface area contributed by atoms with Crippen molar-refractivity contribution < 1.29 is 9.72 Å². The van der Waals surface area contributed by atoms with Crippen LogP contribution in [0.15, 0.2) is 18.2 Å². The summed E-state index contributed by atoms with van der Waals surface area (Å²) in [5.41, 5.74) is 6.75. The summed E-state index contributed by atoms with van der Waals surface area (Å²) in [6.07, 6.45) is 0. The first-order chi connectivity index (χ1) is 8.82. The van der Waals surface area contributed by atoms with Crippen molar-refractivity contribution in [3.8, 4) is 0 Å². The van der Waals surface area contributed by atoms with Crippen LogP contribution in [0.25, 0.3) is 0 Å². The molecule has 0 spiro atoms. The molecule has 0 aliphatic rings. The Hall–Kier alpha value is -1.95. The van der Waals surface area contributed by atoms with Crippen molar-refractivity contribution >= 4 is 11.6 Å². The third-order valence-corrected chi connectivity index (χ3v) is 3.03. The first-order valence-corrected chi connectivity index (χ1v) is 6.11. The van der Waals surface area contributed by atoms with E-state index in [1.165, 1.54) is 12.1 Å². The average molecular weight is 265 g/mol. The third-order valence-electron chi connectivity index (χ3n) is 3.03. The van der Waals surface area contributed by atoms with E-state index in [9.17, 15) is 14.9 Å². The standard InChI is InChI=1S/C13H19N3O3/c1-8(2)12(14)7-15-13(17)11-6-10(16(18)19)5-4-9(11)3/h4-6,8,12H,7,14H2,1-3H3,(H,15,17). The highest BCUT2D eigenvalue weighted by Crippen LogP contribution is 2.17. The zero-order chi connectivity index (χ0) is 14.6. The highest BCUT2D eigenvalue weighted by molar-refractivity contribution is 5.96. The van der Waals surface area contributed by atoms with Crippen molar-refractivity contribution in [1.82, 2.24) is 5.32 Å². The van der Waals surface area contributed by atoms with Gasteiger partial charge >= 0.3 is 0 Å². The minimum absolute atomic E-state index is 0.0936. The molecule has 0 aliphatic heterocycles. The molecule has 0 saturated carbocycles. The SMILES string of the molecule is Cc1ccc([N+](=O)[O-])cc1C(=O)NCC(N)C(C)C. The molecular weight excluding hydrogens is 246 g/mol. The van der Waals surface area contributed by atoms with Gasteiger partial charge in [0, 0.05) is 30.3 Å². The van der Waals surface area contributed by atoms with Crippen molar-refractivity contribution in [1.29, 1.82) is 0 Å². The quantitative estimate of drug-likeness (QED) is 0.624. The summed E-state index contributed by atoms with van der Waals surface area (Å²) < 4.78 is 0. The summed E-state index contributed by atoms with van der Waals surface area (Å²) in [6, 6.07) is 4.09. The summed E-state index contributed by atoms with van der Waals surface area (Å²) in [5.74, 6) is -0.0798. The molecule has 0 radical (unpaired) electrons. The largest absolute Gasteiger partial charge is 0.350 e. The van der Waals surface area contributed by atoms with E-state index in [1.54, 1.807) is 13.0 Å². The highest BCUT2D eigenvalue weighted by atomic mass is 16.6. The Morgan fingerprint density at radius 1 is 1.47 bits per heavy atom. The van der Waals surface area contributed by atoms with Crippen LogP contribution in [0.4, 0.5) is 5.69 Å². The molecule has 0 saturated heterocycles. The van der Waals surface area contributed by atoms with E-state index < -0.39 is 4.92 Å². The number of nitrogens with one attached hydrogen (secondary N) is 1. The molecule has 1 amide bonds. The van der Waals surface area contributed by atoms with Crippen LogP contribution < -0.4 is 11.1 Å². The van der Waals surface area contributed by atoms with E-state index in [1.807, 2.05) is 13.8 Å². The second kappa shape index (κ2) is 6.29. The van der Waals surface area contributed by atoms with Gasteiger partial charge in [-0.05, 0) is 18.4 Å². The summed E-state index contributed by atoms with van der Waals surface area (Å²) in [5, 5.41) is 13.4. The average Bonchev–Trinajstić information content (AvgIpc) is 2.35. The van der Waals surface area contributed by atoms with E-state index in [0.717, 1.165) is 0 Å². The predicted octanol–water partition coefficient (Wildman–Crippen LogP) is 1.62. The van der Waals surface area contributed by atoms with Gasteiger partial charge in [0.25, 0.3) is 11.6 Å². The van der Waals surface area contributed by atoms with Crippen molar-refractivity contribution in [3.05, 3.63) is 39.4 Å². The van der Waals surface area contributed by atoms with Crippen molar-refractivity contribution in [2.24, 2.45) is 11.7 Å². The maximum absolute atomic E-state index is 12.0. The lowest BCUT2D eigenvalue weighted by Crippen LogP contribution is -2.40. The number of non-ortho nitro benzene ring substituents is 1. The van der Waals surface area contributed by atoms with Crippen LogP contribution in [0.1, 0.15) is 29.8 Å². The molecule has 0 bridgehead atoms. The van der Waals surface area contributed by atoms with Crippen LogP contribution in [0.3, 0.4) is 0 Å². The van der Waals surface area contributed by atoms with Crippen LogP contribution >= 0.6 is 0 Å². The number of nitrogens with zero attached hydrogens (tertiary/aromatic N) is 1. The molecule has 6 nitrogen and oxygen atoms in total. The first kappa shape index (κ1) is 15.1. The maximum atomic E-state index is 12.0. The van der Waals surface area contributed by atoms with E-state index in [2.05, 4.69) is 5.32 Å². The lowest BCUT2D eigenvalue weighted by molar-refractivity contribution is -0.384. The van der Waals surface area contributed by atoms with Gasteiger partial charge in [-0.15, -0.1) is 0 Å². The highest BCUT2D eigenvalue weighted by Gasteiger charge is 2.16. The molecule has 0 fully saturated rings. The maximum Gasteiger partial charge on any atom is 0.270 e. The molecule has 0 heterocycles. The summed E-state index contributed by atoms with van der Waals surface area (Å²) in [7, 11) is 0. The fourth-order valence-electron chi connectivity index (χ4n) is 1.51. The molecular formula is C13H19N3O3. The van der Waals surface area contributed by atoms with Gasteiger partial charge in [0.05, 0.1) is 4.92 Å². The van der Waals surface area contributed by atoms with Gasteiger partial charge in [0.1, 0.15) is 0 Å². The molecule has 19 heavy (non-hydrogen) atoms. The number of nitrogens with two attached hydrogens (primary N) is 1. The molecule has 1 aromatic carbocycles. The Morgan fingerprint density at radius 2 is 2.11 bits per heavy atom. The second-order valence-corrected chi connectivity index (χ2v) is 4.87. The summed E-state index contributed by atoms with van der Waals surface area (Å²) >= 11 is 0. The Balaban J connectivity index is 2.82. The number of carbonyl (C=O) groups excluding carboxylic acids is 1. The van der Waals surface area contributed by atoms with Gasteiger partial charge in [-0.3, -0.25) is 14.9 Å². The van der Waals surface area contributed by atoms with Crippen molar-refractivity contribution in [3.63, 3.8) is 0 Å². The second-order valence-electron chi connectivity index (χ2n) is 4.87. The van der Waals surface area contributed by atoms with Crippen LogP contribution in [0.2, 0.25) is 0 Å². The van der Waals surface area contributed by atoms with Gasteiger partial charge in [0.15, 0.2) is 0 Å². The van der Waals surface area contributed by atoms with Gasteiger partial charge < -0.3 is 11.1 Å².